The number of para-hydroxylation sites is 1. The molecule has 3 heteroatoms. The Bertz CT molecular complexity index is 1010. The Hall–Kier alpha value is -2.94. The van der Waals surface area contributed by atoms with Crippen LogP contribution in [-0.2, 0) is 6.42 Å². The van der Waals surface area contributed by atoms with Crippen LogP contribution in [0.15, 0.2) is 67.0 Å². The predicted octanol–water partition coefficient (Wildman–Crippen LogP) is 4.96. The maximum atomic E-state index is 4.79. The minimum absolute atomic E-state index is 0.962. The summed E-state index contributed by atoms with van der Waals surface area (Å²) in [6.07, 6.45) is 4.95. The SMILES string of the molecule is CCc1cccc(-n2cc(-c3cc(C)c4ccccc4n3)cn2)c1. The maximum absolute atomic E-state index is 4.79. The smallest absolute Gasteiger partial charge is 0.0744 e. The molecule has 0 radical (unpaired) electrons. The van der Waals surface area contributed by atoms with E-state index in [9.17, 15) is 0 Å². The maximum Gasteiger partial charge on any atom is 0.0744 e. The van der Waals surface area contributed by atoms with Crippen LogP contribution in [0.1, 0.15) is 18.1 Å². The fraction of sp³-hybridized carbons (Fsp3) is 0.143. The van der Waals surface area contributed by atoms with Crippen molar-refractivity contribution >= 4 is 10.9 Å². The number of benzene rings is 2. The van der Waals surface area contributed by atoms with Gasteiger partial charge < -0.3 is 0 Å². The Labute approximate surface area is 141 Å². The number of hydrogen-bond donors (Lipinski definition) is 0. The number of nitrogens with zero attached hydrogens (tertiary/aromatic N) is 3. The molecule has 118 valence electrons. The van der Waals surface area contributed by atoms with E-state index in [1.165, 1.54) is 16.5 Å². The molecule has 0 unspecified atom stereocenters. The zero-order valence-electron chi connectivity index (χ0n) is 13.9. The van der Waals surface area contributed by atoms with Crippen molar-refractivity contribution in [3.63, 3.8) is 0 Å². The third kappa shape index (κ3) is 2.58. The Kier molecular flexibility index (Phi) is 3.62. The molecule has 0 N–H and O–H groups in total. The summed E-state index contributed by atoms with van der Waals surface area (Å²) in [5.74, 6) is 0. The van der Waals surface area contributed by atoms with E-state index < -0.39 is 0 Å². The molecular formula is C21H19N3. The van der Waals surface area contributed by atoms with Gasteiger partial charge in [0.2, 0.25) is 0 Å². The second-order valence-corrected chi connectivity index (χ2v) is 6.04. The molecule has 0 atom stereocenters. The first kappa shape index (κ1) is 14.6. The molecule has 4 aromatic rings. The number of rotatable bonds is 3. The van der Waals surface area contributed by atoms with Gasteiger partial charge in [0, 0.05) is 17.1 Å². The van der Waals surface area contributed by atoms with E-state index >= 15 is 0 Å². The summed E-state index contributed by atoms with van der Waals surface area (Å²) in [5.41, 5.74) is 6.64. The van der Waals surface area contributed by atoms with Gasteiger partial charge in [0.1, 0.15) is 0 Å². The van der Waals surface area contributed by atoms with Crippen molar-refractivity contribution < 1.29 is 0 Å². The van der Waals surface area contributed by atoms with Crippen molar-refractivity contribution in [1.29, 1.82) is 0 Å². The van der Waals surface area contributed by atoms with Crippen molar-refractivity contribution in [1.82, 2.24) is 14.8 Å². The Morgan fingerprint density at radius 3 is 2.75 bits per heavy atom. The summed E-state index contributed by atoms with van der Waals surface area (Å²) in [4.78, 5) is 4.79. The topological polar surface area (TPSA) is 30.7 Å². The molecule has 4 rings (SSSR count). The van der Waals surface area contributed by atoms with Crippen LogP contribution in [0.3, 0.4) is 0 Å². The van der Waals surface area contributed by atoms with Gasteiger partial charge in [-0.3, -0.25) is 0 Å². The van der Waals surface area contributed by atoms with Crippen LogP contribution in [0.25, 0.3) is 27.8 Å². The fourth-order valence-corrected chi connectivity index (χ4v) is 3.01. The molecule has 2 aromatic carbocycles. The van der Waals surface area contributed by atoms with E-state index in [4.69, 9.17) is 4.98 Å². The van der Waals surface area contributed by atoms with Gasteiger partial charge in [0.25, 0.3) is 0 Å². The molecule has 0 bridgehead atoms. The Morgan fingerprint density at radius 2 is 1.88 bits per heavy atom. The summed E-state index contributed by atoms with van der Waals surface area (Å²) in [7, 11) is 0. The number of aromatic nitrogens is 3. The highest BCUT2D eigenvalue weighted by Crippen LogP contribution is 2.24. The third-order valence-electron chi connectivity index (χ3n) is 4.38. The average Bonchev–Trinajstić information content (AvgIpc) is 3.12. The first-order chi connectivity index (χ1) is 11.7. The van der Waals surface area contributed by atoms with E-state index in [2.05, 4.69) is 67.5 Å². The molecule has 3 nitrogen and oxygen atoms in total. The Morgan fingerprint density at radius 1 is 1.00 bits per heavy atom. The lowest BCUT2D eigenvalue weighted by atomic mass is 10.1. The minimum Gasteiger partial charge on any atom is -0.248 e. The molecule has 0 saturated carbocycles. The van der Waals surface area contributed by atoms with Gasteiger partial charge in [-0.25, -0.2) is 9.67 Å². The monoisotopic (exact) mass is 313 g/mol. The molecular weight excluding hydrogens is 294 g/mol. The van der Waals surface area contributed by atoms with Crippen molar-refractivity contribution in [2.24, 2.45) is 0 Å². The van der Waals surface area contributed by atoms with Gasteiger partial charge in [-0.2, -0.15) is 5.10 Å². The van der Waals surface area contributed by atoms with Crippen molar-refractivity contribution in [3.05, 3.63) is 78.1 Å². The summed E-state index contributed by atoms with van der Waals surface area (Å²) in [6, 6.07) is 18.9. The summed E-state index contributed by atoms with van der Waals surface area (Å²) < 4.78 is 1.92. The van der Waals surface area contributed by atoms with E-state index in [1.807, 2.05) is 23.1 Å². The molecule has 0 saturated heterocycles. The van der Waals surface area contributed by atoms with Crippen molar-refractivity contribution in [2.45, 2.75) is 20.3 Å². The van der Waals surface area contributed by atoms with Gasteiger partial charge >= 0.3 is 0 Å². The number of aryl methyl sites for hydroxylation is 2. The molecule has 0 aliphatic heterocycles. The van der Waals surface area contributed by atoms with Crippen LogP contribution in [0.2, 0.25) is 0 Å². The van der Waals surface area contributed by atoms with E-state index in [0.29, 0.717) is 0 Å². The van der Waals surface area contributed by atoms with Gasteiger partial charge in [-0.05, 0) is 48.7 Å². The van der Waals surface area contributed by atoms with Crippen LogP contribution in [0.5, 0.6) is 0 Å². The normalized spacial score (nSPS) is 11.1. The van der Waals surface area contributed by atoms with Gasteiger partial charge in [-0.15, -0.1) is 0 Å². The zero-order valence-corrected chi connectivity index (χ0v) is 13.9. The standard InChI is InChI=1S/C21H19N3/c1-3-16-7-6-8-18(12-16)24-14-17(13-22-24)21-11-15(2)19-9-4-5-10-20(19)23-21/h4-14H,3H2,1-2H3. The second-order valence-electron chi connectivity index (χ2n) is 6.04. The molecule has 24 heavy (non-hydrogen) atoms. The third-order valence-corrected chi connectivity index (χ3v) is 4.38. The molecule has 2 heterocycles. The lowest BCUT2D eigenvalue weighted by Crippen LogP contribution is -1.95. The van der Waals surface area contributed by atoms with Gasteiger partial charge in [-0.1, -0.05) is 37.3 Å². The predicted molar refractivity (Wildman–Crippen MR) is 98.4 cm³/mol. The first-order valence-electron chi connectivity index (χ1n) is 8.25. The molecule has 0 spiro atoms. The van der Waals surface area contributed by atoms with E-state index in [1.54, 1.807) is 0 Å². The van der Waals surface area contributed by atoms with Crippen LogP contribution >= 0.6 is 0 Å². The van der Waals surface area contributed by atoms with Gasteiger partial charge in [0.05, 0.1) is 23.1 Å². The highest BCUT2D eigenvalue weighted by atomic mass is 15.3. The van der Waals surface area contributed by atoms with Crippen LogP contribution in [0, 0.1) is 6.92 Å². The average molecular weight is 313 g/mol. The number of hydrogen-bond acceptors (Lipinski definition) is 2. The lowest BCUT2D eigenvalue weighted by molar-refractivity contribution is 0.877. The van der Waals surface area contributed by atoms with E-state index in [0.717, 1.165) is 28.9 Å². The number of pyridine rings is 1. The second kappa shape index (κ2) is 5.93. The Balaban J connectivity index is 1.77. The minimum atomic E-state index is 0.962. The summed E-state index contributed by atoms with van der Waals surface area (Å²) in [6.45, 7) is 4.29. The molecule has 0 aliphatic carbocycles. The fourth-order valence-electron chi connectivity index (χ4n) is 3.01. The van der Waals surface area contributed by atoms with E-state index in [-0.39, 0.29) is 0 Å². The molecule has 0 amide bonds. The largest absolute Gasteiger partial charge is 0.248 e. The van der Waals surface area contributed by atoms with Crippen LogP contribution in [-0.4, -0.2) is 14.8 Å². The first-order valence-corrected chi connectivity index (χ1v) is 8.25. The van der Waals surface area contributed by atoms with Crippen LogP contribution in [0.4, 0.5) is 0 Å². The number of fused-ring (bicyclic) bond motifs is 1. The molecule has 0 aliphatic rings. The van der Waals surface area contributed by atoms with Gasteiger partial charge in [0.15, 0.2) is 0 Å². The van der Waals surface area contributed by atoms with Crippen LogP contribution < -0.4 is 0 Å². The molecule has 0 fully saturated rings. The summed E-state index contributed by atoms with van der Waals surface area (Å²) >= 11 is 0. The quantitative estimate of drug-likeness (QED) is 0.535. The van der Waals surface area contributed by atoms with Crippen molar-refractivity contribution in [3.8, 4) is 16.9 Å². The molecule has 2 aromatic heterocycles. The highest BCUT2D eigenvalue weighted by molar-refractivity contribution is 5.84. The lowest BCUT2D eigenvalue weighted by Gasteiger charge is -2.05. The highest BCUT2D eigenvalue weighted by Gasteiger charge is 2.08. The van der Waals surface area contributed by atoms with Crippen molar-refractivity contribution in [2.75, 3.05) is 0 Å². The zero-order chi connectivity index (χ0) is 16.5. The summed E-state index contributed by atoms with van der Waals surface area (Å²) in [5, 5.41) is 5.72.